The molecule has 11 heteroatoms. The van der Waals surface area contributed by atoms with Gasteiger partial charge in [0.2, 0.25) is 5.88 Å². The molecule has 0 aliphatic carbocycles. The van der Waals surface area contributed by atoms with Crippen molar-refractivity contribution >= 4 is 18.1 Å². The second-order valence-corrected chi connectivity index (χ2v) is 10.1. The molecule has 10 nitrogen and oxygen atoms in total. The number of likely N-dealkylation sites (tertiary alicyclic amines) is 1. The minimum atomic E-state index is -1.01. The number of carbonyl (C=O) groups excluding carboxylic acids is 2. The van der Waals surface area contributed by atoms with Crippen LogP contribution < -0.4 is 4.74 Å². The first-order valence-electron chi connectivity index (χ1n) is 12.2. The molecule has 3 amide bonds. The Bertz CT molecular complexity index is 1160. The van der Waals surface area contributed by atoms with E-state index in [1.165, 1.54) is 23.2 Å². The average molecular weight is 515 g/mol. The largest absolute Gasteiger partial charge is 0.472 e. The van der Waals surface area contributed by atoms with Gasteiger partial charge in [0.05, 0.1) is 12.1 Å². The van der Waals surface area contributed by atoms with Crippen LogP contribution in [0.25, 0.3) is 11.1 Å². The third-order valence-corrected chi connectivity index (χ3v) is 6.17. The van der Waals surface area contributed by atoms with Crippen LogP contribution in [-0.2, 0) is 4.74 Å². The van der Waals surface area contributed by atoms with Gasteiger partial charge in [0.1, 0.15) is 17.5 Å². The van der Waals surface area contributed by atoms with Crippen LogP contribution in [0.15, 0.2) is 36.5 Å². The maximum atomic E-state index is 13.6. The molecule has 1 atom stereocenters. The summed E-state index contributed by atoms with van der Waals surface area (Å²) in [7, 11) is 0. The highest BCUT2D eigenvalue weighted by Gasteiger charge is 2.32. The molecule has 2 saturated heterocycles. The zero-order chi connectivity index (χ0) is 26.7. The minimum Gasteiger partial charge on any atom is -0.472 e. The van der Waals surface area contributed by atoms with Crippen molar-refractivity contribution in [1.29, 1.82) is 0 Å². The Kier molecular flexibility index (Phi) is 7.51. The number of hydrogen-bond donors (Lipinski definition) is 1. The fourth-order valence-corrected chi connectivity index (χ4v) is 4.26. The summed E-state index contributed by atoms with van der Waals surface area (Å²) in [5, 5.41) is 9.15. The van der Waals surface area contributed by atoms with Crippen LogP contribution in [0.3, 0.4) is 0 Å². The van der Waals surface area contributed by atoms with E-state index in [0.29, 0.717) is 36.2 Å². The molecule has 3 heterocycles. The van der Waals surface area contributed by atoms with E-state index in [2.05, 4.69) is 4.98 Å². The molecular weight excluding hydrogens is 483 g/mol. The van der Waals surface area contributed by atoms with E-state index in [9.17, 15) is 18.8 Å². The SMILES string of the molecule is CC(C)(C)OC(=O)N1CCC(Oc2ncc(C(=O)N3CCN(C(=O)O)CC3)cc2-c2ccc(F)cc2)C1. The van der Waals surface area contributed by atoms with Crippen molar-refractivity contribution in [1.82, 2.24) is 19.7 Å². The molecule has 0 radical (unpaired) electrons. The molecule has 1 aromatic carbocycles. The van der Waals surface area contributed by atoms with Crippen LogP contribution in [0, 0.1) is 5.82 Å². The van der Waals surface area contributed by atoms with Crippen LogP contribution in [0.5, 0.6) is 5.88 Å². The van der Waals surface area contributed by atoms with Crippen molar-refractivity contribution in [2.75, 3.05) is 39.3 Å². The van der Waals surface area contributed by atoms with Gasteiger partial charge in [-0.1, -0.05) is 12.1 Å². The lowest BCUT2D eigenvalue weighted by Crippen LogP contribution is -2.50. The summed E-state index contributed by atoms with van der Waals surface area (Å²) in [6.45, 7) is 7.24. The van der Waals surface area contributed by atoms with E-state index < -0.39 is 23.6 Å². The lowest BCUT2D eigenvalue weighted by atomic mass is 10.0. The fraction of sp³-hybridized carbons (Fsp3) is 0.462. The molecule has 2 aliphatic heterocycles. The Labute approximate surface area is 214 Å². The molecule has 0 spiro atoms. The molecule has 1 N–H and O–H groups in total. The van der Waals surface area contributed by atoms with Gasteiger partial charge < -0.3 is 29.3 Å². The van der Waals surface area contributed by atoms with Gasteiger partial charge in [-0.05, 0) is 44.5 Å². The number of amides is 3. The third-order valence-electron chi connectivity index (χ3n) is 6.17. The Morgan fingerprint density at radius 1 is 1.00 bits per heavy atom. The van der Waals surface area contributed by atoms with Crippen molar-refractivity contribution in [3.63, 3.8) is 0 Å². The smallest absolute Gasteiger partial charge is 0.410 e. The molecule has 4 rings (SSSR count). The number of ether oxygens (including phenoxy) is 2. The van der Waals surface area contributed by atoms with Crippen molar-refractivity contribution in [2.45, 2.75) is 38.9 Å². The highest BCUT2D eigenvalue weighted by atomic mass is 19.1. The highest BCUT2D eigenvalue weighted by molar-refractivity contribution is 5.95. The summed E-state index contributed by atoms with van der Waals surface area (Å²) < 4.78 is 25.2. The lowest BCUT2D eigenvalue weighted by molar-refractivity contribution is 0.0274. The van der Waals surface area contributed by atoms with E-state index in [-0.39, 0.29) is 44.1 Å². The number of nitrogens with zero attached hydrogens (tertiary/aromatic N) is 4. The summed E-state index contributed by atoms with van der Waals surface area (Å²) >= 11 is 0. The van der Waals surface area contributed by atoms with Gasteiger partial charge in [0.25, 0.3) is 5.91 Å². The van der Waals surface area contributed by atoms with Gasteiger partial charge in [0.15, 0.2) is 0 Å². The minimum absolute atomic E-state index is 0.232. The second kappa shape index (κ2) is 10.6. The van der Waals surface area contributed by atoms with Crippen molar-refractivity contribution in [2.24, 2.45) is 0 Å². The van der Waals surface area contributed by atoms with E-state index >= 15 is 0 Å². The number of rotatable bonds is 4. The zero-order valence-electron chi connectivity index (χ0n) is 21.1. The Morgan fingerprint density at radius 3 is 2.27 bits per heavy atom. The average Bonchev–Trinajstić information content (AvgIpc) is 3.32. The monoisotopic (exact) mass is 514 g/mol. The molecule has 2 aromatic rings. The Balaban J connectivity index is 1.53. The van der Waals surface area contributed by atoms with Crippen LogP contribution in [0.2, 0.25) is 0 Å². The molecule has 2 aliphatic rings. The van der Waals surface area contributed by atoms with Crippen molar-refractivity contribution in [3.8, 4) is 17.0 Å². The molecule has 0 bridgehead atoms. The predicted octanol–water partition coefficient (Wildman–Crippen LogP) is 3.71. The first-order chi connectivity index (χ1) is 17.5. The standard InChI is InChI=1S/C26H31FN4O6/c1-26(2,3)37-25(35)31-9-8-20(16-31)36-22-21(17-4-6-19(27)7-5-17)14-18(15-28-22)23(32)29-10-12-30(13-11-29)24(33)34/h4-7,14-15,20H,8-13,16H2,1-3H3,(H,33,34). The first-order valence-corrected chi connectivity index (χ1v) is 12.2. The van der Waals surface area contributed by atoms with E-state index in [4.69, 9.17) is 14.6 Å². The number of halogens is 1. The maximum Gasteiger partial charge on any atom is 0.410 e. The van der Waals surface area contributed by atoms with Gasteiger partial charge in [-0.2, -0.15) is 0 Å². The number of carbonyl (C=O) groups is 3. The number of aromatic nitrogens is 1. The molecule has 198 valence electrons. The van der Waals surface area contributed by atoms with E-state index in [1.807, 2.05) is 20.8 Å². The van der Waals surface area contributed by atoms with Gasteiger partial charge in [-0.3, -0.25) is 4.79 Å². The quantitative estimate of drug-likeness (QED) is 0.662. The Morgan fingerprint density at radius 2 is 1.65 bits per heavy atom. The number of benzene rings is 1. The van der Waals surface area contributed by atoms with Crippen LogP contribution in [-0.4, -0.2) is 93.9 Å². The van der Waals surface area contributed by atoms with Gasteiger partial charge >= 0.3 is 12.2 Å². The summed E-state index contributed by atoms with van der Waals surface area (Å²) in [5.41, 5.74) is 0.856. The van der Waals surface area contributed by atoms with Crippen LogP contribution in [0.4, 0.5) is 14.0 Å². The van der Waals surface area contributed by atoms with Gasteiger partial charge in [0, 0.05) is 50.9 Å². The molecule has 1 unspecified atom stereocenters. The highest BCUT2D eigenvalue weighted by Crippen LogP contribution is 2.32. The number of pyridine rings is 1. The number of carboxylic acid groups (broad SMARTS) is 1. The Hall–Kier alpha value is -3.89. The fourth-order valence-electron chi connectivity index (χ4n) is 4.26. The normalized spacial score (nSPS) is 18.1. The molecule has 1 aromatic heterocycles. The summed E-state index contributed by atoms with van der Waals surface area (Å²) in [6, 6.07) is 7.46. The van der Waals surface area contributed by atoms with Crippen molar-refractivity contribution < 1.29 is 33.4 Å². The van der Waals surface area contributed by atoms with E-state index in [0.717, 1.165) is 0 Å². The summed E-state index contributed by atoms with van der Waals surface area (Å²) in [5.74, 6) is -0.397. The second-order valence-electron chi connectivity index (χ2n) is 10.1. The molecular formula is C26H31FN4O6. The first kappa shape index (κ1) is 26.2. The van der Waals surface area contributed by atoms with Crippen molar-refractivity contribution in [3.05, 3.63) is 47.9 Å². The number of hydrogen-bond acceptors (Lipinski definition) is 6. The van der Waals surface area contributed by atoms with Crippen LogP contribution in [0.1, 0.15) is 37.6 Å². The molecule has 0 saturated carbocycles. The predicted molar refractivity (Wildman–Crippen MR) is 132 cm³/mol. The zero-order valence-corrected chi connectivity index (χ0v) is 21.1. The summed E-state index contributed by atoms with van der Waals surface area (Å²) in [4.78, 5) is 45.6. The van der Waals surface area contributed by atoms with Gasteiger partial charge in [-0.15, -0.1) is 0 Å². The molecule has 37 heavy (non-hydrogen) atoms. The third kappa shape index (κ3) is 6.46. The summed E-state index contributed by atoms with van der Waals surface area (Å²) in [6.07, 6.45) is 0.262. The maximum absolute atomic E-state index is 13.6. The topological polar surface area (TPSA) is 113 Å². The lowest BCUT2D eigenvalue weighted by Gasteiger charge is -2.33. The van der Waals surface area contributed by atoms with Crippen LogP contribution >= 0.6 is 0 Å². The molecule has 2 fully saturated rings. The van der Waals surface area contributed by atoms with Gasteiger partial charge in [-0.25, -0.2) is 19.0 Å². The number of piperazine rings is 1. The van der Waals surface area contributed by atoms with E-state index in [1.54, 1.807) is 28.0 Å².